The summed E-state index contributed by atoms with van der Waals surface area (Å²) < 4.78 is 50.9. The van der Waals surface area contributed by atoms with Crippen LogP contribution in [0.2, 0.25) is 0 Å². The average molecular weight is 298 g/mol. The zero-order chi connectivity index (χ0) is 14.3. The third-order valence-electron chi connectivity index (χ3n) is 3.32. The number of halogens is 2. The van der Waals surface area contributed by atoms with Gasteiger partial charge in [-0.1, -0.05) is 19.3 Å². The number of alkyl halides is 2. The van der Waals surface area contributed by atoms with E-state index in [9.17, 15) is 22.0 Å². The van der Waals surface area contributed by atoms with Gasteiger partial charge in [-0.15, -0.1) is 0 Å². The van der Waals surface area contributed by atoms with Crippen molar-refractivity contribution in [1.82, 2.24) is 0 Å². The van der Waals surface area contributed by atoms with Crippen LogP contribution in [0.4, 0.5) is 8.78 Å². The minimum absolute atomic E-state index is 0.0221. The lowest BCUT2D eigenvalue weighted by Gasteiger charge is -2.19. The van der Waals surface area contributed by atoms with Gasteiger partial charge < -0.3 is 4.74 Å². The average Bonchev–Trinajstić information content (AvgIpc) is 2.38. The molecule has 0 aliphatic heterocycles. The van der Waals surface area contributed by atoms with Gasteiger partial charge in [-0.2, -0.15) is 8.78 Å². The van der Waals surface area contributed by atoms with Crippen LogP contribution in [0, 0.1) is 5.92 Å². The maximum absolute atomic E-state index is 12.7. The lowest BCUT2D eigenvalue weighted by molar-refractivity contribution is -0.149. The molecule has 112 valence electrons. The molecule has 0 heterocycles. The molecule has 4 nitrogen and oxygen atoms in total. The highest BCUT2D eigenvalue weighted by Gasteiger charge is 2.32. The van der Waals surface area contributed by atoms with E-state index in [0.29, 0.717) is 0 Å². The number of thiol groups is 1. The van der Waals surface area contributed by atoms with Crippen LogP contribution in [0.15, 0.2) is 0 Å². The Bertz CT molecular complexity index is 355. The summed E-state index contributed by atoms with van der Waals surface area (Å²) in [6.07, 6.45) is 4.45. The molecule has 0 aromatic rings. The molecule has 1 aliphatic rings. The molecule has 0 aromatic heterocycles. The van der Waals surface area contributed by atoms with E-state index in [1.807, 2.05) is 0 Å². The summed E-state index contributed by atoms with van der Waals surface area (Å²) in [5.41, 5.74) is 0. The number of hydrogen-bond donors (Lipinski definition) is 1. The van der Waals surface area contributed by atoms with Gasteiger partial charge in [-0.3, -0.25) is 4.79 Å². The van der Waals surface area contributed by atoms with Crippen molar-refractivity contribution >= 4 is 16.7 Å². The van der Waals surface area contributed by atoms with Crippen LogP contribution in [-0.2, 0) is 20.2 Å². The first kappa shape index (κ1) is 16.3. The molecule has 1 fully saturated rings. The number of hydrogen-bond acceptors (Lipinski definition) is 4. The standard InChI is InChI=1S/C12H20F2O4S/c13-12(14,19(16)17)8-4-5-9-18-11(15)10-6-2-1-3-7-10/h10,19H,1-9H2. The van der Waals surface area contributed by atoms with E-state index >= 15 is 0 Å². The van der Waals surface area contributed by atoms with Gasteiger partial charge in [0, 0.05) is 6.42 Å². The molecule has 7 heteroatoms. The van der Waals surface area contributed by atoms with E-state index in [4.69, 9.17) is 4.74 Å². The first-order valence-corrected chi connectivity index (χ1v) is 7.80. The van der Waals surface area contributed by atoms with Crippen LogP contribution < -0.4 is 0 Å². The van der Waals surface area contributed by atoms with Gasteiger partial charge in [-0.05, 0) is 25.7 Å². The van der Waals surface area contributed by atoms with Gasteiger partial charge in [0.05, 0.1) is 12.5 Å². The molecular weight excluding hydrogens is 278 g/mol. The van der Waals surface area contributed by atoms with Gasteiger partial charge in [-0.25, -0.2) is 8.42 Å². The Kier molecular flexibility index (Phi) is 6.68. The zero-order valence-corrected chi connectivity index (χ0v) is 11.7. The fourth-order valence-electron chi connectivity index (χ4n) is 2.16. The molecule has 1 rings (SSSR count). The second kappa shape index (κ2) is 7.77. The van der Waals surface area contributed by atoms with Crippen molar-refractivity contribution in [2.24, 2.45) is 5.92 Å². The second-order valence-corrected chi connectivity index (χ2v) is 6.05. The number of carbonyl (C=O) groups excluding carboxylic acids is 1. The van der Waals surface area contributed by atoms with Crippen LogP contribution >= 0.6 is 0 Å². The predicted molar refractivity (Wildman–Crippen MR) is 66.6 cm³/mol. The first-order valence-electron chi connectivity index (χ1n) is 6.62. The molecule has 0 unspecified atom stereocenters. The highest BCUT2D eigenvalue weighted by atomic mass is 32.2. The number of ether oxygens (including phenoxy) is 1. The molecule has 0 spiro atoms. The Morgan fingerprint density at radius 3 is 2.37 bits per heavy atom. The van der Waals surface area contributed by atoms with E-state index < -0.39 is 22.4 Å². The molecule has 0 amide bonds. The summed E-state index contributed by atoms with van der Waals surface area (Å²) in [4.78, 5) is 11.6. The molecule has 19 heavy (non-hydrogen) atoms. The van der Waals surface area contributed by atoms with E-state index in [1.54, 1.807) is 0 Å². The summed E-state index contributed by atoms with van der Waals surface area (Å²) in [7, 11) is -3.73. The van der Waals surface area contributed by atoms with Crippen LogP contribution in [0.3, 0.4) is 0 Å². The summed E-state index contributed by atoms with van der Waals surface area (Å²) in [6, 6.07) is 0. The van der Waals surface area contributed by atoms with Crippen molar-refractivity contribution in [2.45, 2.75) is 56.6 Å². The molecular formula is C12H20F2O4S. The van der Waals surface area contributed by atoms with Gasteiger partial charge in [0.2, 0.25) is 10.7 Å². The lowest BCUT2D eigenvalue weighted by atomic mass is 9.89. The summed E-state index contributed by atoms with van der Waals surface area (Å²) in [5, 5.41) is -3.65. The molecule has 0 bridgehead atoms. The first-order chi connectivity index (χ1) is 8.93. The van der Waals surface area contributed by atoms with E-state index in [-0.39, 0.29) is 31.3 Å². The fraction of sp³-hybridized carbons (Fsp3) is 0.917. The highest BCUT2D eigenvalue weighted by Crippen LogP contribution is 2.25. The molecule has 0 saturated heterocycles. The normalized spacial score (nSPS) is 17.6. The highest BCUT2D eigenvalue weighted by molar-refractivity contribution is 7.73. The quantitative estimate of drug-likeness (QED) is 0.445. The molecule has 0 N–H and O–H groups in total. The monoisotopic (exact) mass is 298 g/mol. The SMILES string of the molecule is O=C(OCCCCC(F)(F)[SH](=O)=O)C1CCCCC1. The number of unbranched alkanes of at least 4 members (excludes halogenated alkanes) is 1. The molecule has 0 atom stereocenters. The van der Waals surface area contributed by atoms with Gasteiger partial charge >= 0.3 is 11.2 Å². The molecule has 1 aliphatic carbocycles. The maximum Gasteiger partial charge on any atom is 0.343 e. The zero-order valence-electron chi connectivity index (χ0n) is 10.8. The fourth-order valence-corrected chi connectivity index (χ4v) is 2.50. The van der Waals surface area contributed by atoms with Crippen LogP contribution in [-0.4, -0.2) is 26.2 Å². The topological polar surface area (TPSA) is 60.4 Å². The van der Waals surface area contributed by atoms with E-state index in [1.165, 1.54) is 0 Å². The van der Waals surface area contributed by atoms with Crippen molar-refractivity contribution in [2.75, 3.05) is 6.61 Å². The Morgan fingerprint density at radius 2 is 1.79 bits per heavy atom. The van der Waals surface area contributed by atoms with Crippen LogP contribution in [0.25, 0.3) is 0 Å². The third kappa shape index (κ3) is 5.84. The van der Waals surface area contributed by atoms with Gasteiger partial charge in [0.25, 0.3) is 0 Å². The van der Waals surface area contributed by atoms with E-state index in [2.05, 4.69) is 0 Å². The van der Waals surface area contributed by atoms with E-state index in [0.717, 1.165) is 32.1 Å². The third-order valence-corrected chi connectivity index (χ3v) is 4.08. The minimum Gasteiger partial charge on any atom is -0.465 e. The Labute approximate surface area is 113 Å². The molecule has 0 radical (unpaired) electrons. The van der Waals surface area contributed by atoms with Gasteiger partial charge in [0.15, 0.2) is 0 Å². The molecule has 1 saturated carbocycles. The number of rotatable bonds is 7. The Hall–Kier alpha value is -0.720. The van der Waals surface area contributed by atoms with Crippen molar-refractivity contribution in [3.63, 3.8) is 0 Å². The van der Waals surface area contributed by atoms with Gasteiger partial charge in [0.1, 0.15) is 0 Å². The lowest BCUT2D eigenvalue weighted by Crippen LogP contribution is -2.21. The Balaban J connectivity index is 2.12. The van der Waals surface area contributed by atoms with Crippen molar-refractivity contribution < 1.29 is 26.7 Å². The predicted octanol–water partition coefficient (Wildman–Crippen LogP) is 2.48. The summed E-state index contributed by atoms with van der Waals surface area (Å²) in [6.45, 7) is 0.0844. The number of carbonyl (C=O) groups is 1. The van der Waals surface area contributed by atoms with Crippen molar-refractivity contribution in [3.8, 4) is 0 Å². The number of esters is 1. The maximum atomic E-state index is 12.7. The van der Waals surface area contributed by atoms with Crippen LogP contribution in [0.1, 0.15) is 51.4 Å². The Morgan fingerprint density at radius 1 is 1.16 bits per heavy atom. The van der Waals surface area contributed by atoms with Crippen molar-refractivity contribution in [1.29, 1.82) is 0 Å². The minimum atomic E-state index is -3.73. The molecule has 0 aromatic carbocycles. The summed E-state index contributed by atoms with van der Waals surface area (Å²) in [5.74, 6) is -0.298. The summed E-state index contributed by atoms with van der Waals surface area (Å²) >= 11 is 0. The van der Waals surface area contributed by atoms with Crippen molar-refractivity contribution in [3.05, 3.63) is 0 Å². The smallest absolute Gasteiger partial charge is 0.343 e. The largest absolute Gasteiger partial charge is 0.465 e. The second-order valence-electron chi connectivity index (χ2n) is 4.88. The van der Waals surface area contributed by atoms with Crippen LogP contribution in [0.5, 0.6) is 0 Å².